The Labute approximate surface area is 130 Å². The van der Waals surface area contributed by atoms with E-state index in [9.17, 15) is 8.42 Å². The van der Waals surface area contributed by atoms with Gasteiger partial charge >= 0.3 is 0 Å². The Balaban J connectivity index is 2.16. The summed E-state index contributed by atoms with van der Waals surface area (Å²) >= 11 is 5.92. The van der Waals surface area contributed by atoms with Gasteiger partial charge in [-0.15, -0.1) is 0 Å². The summed E-state index contributed by atoms with van der Waals surface area (Å²) in [5.41, 5.74) is 0.273. The topological polar surface area (TPSA) is 70.4 Å². The van der Waals surface area contributed by atoms with E-state index in [1.807, 2.05) is 6.07 Å². The third-order valence-electron chi connectivity index (χ3n) is 3.67. The van der Waals surface area contributed by atoms with E-state index < -0.39 is 10.0 Å². The standard InChI is InChI=1S/C14H17ClN2O3S/c1-20-10-11-4-6-17(7-5-11)21(18,19)13-3-2-12(9-16)14(15)8-13/h2-3,8,11H,4-7,10H2,1H3. The van der Waals surface area contributed by atoms with Gasteiger partial charge in [0.15, 0.2) is 0 Å². The highest BCUT2D eigenvalue weighted by Crippen LogP contribution is 2.26. The van der Waals surface area contributed by atoms with Gasteiger partial charge in [0.05, 0.1) is 15.5 Å². The lowest BCUT2D eigenvalue weighted by molar-refractivity contribution is 0.121. The van der Waals surface area contributed by atoms with E-state index in [0.717, 1.165) is 12.8 Å². The van der Waals surface area contributed by atoms with Crippen molar-refractivity contribution in [1.82, 2.24) is 4.31 Å². The van der Waals surface area contributed by atoms with Gasteiger partial charge in [-0.2, -0.15) is 9.57 Å². The zero-order chi connectivity index (χ0) is 15.5. The molecule has 1 aromatic carbocycles. The number of methoxy groups -OCH3 is 1. The van der Waals surface area contributed by atoms with Gasteiger partial charge in [0.2, 0.25) is 10.0 Å². The van der Waals surface area contributed by atoms with Crippen molar-refractivity contribution in [2.75, 3.05) is 26.8 Å². The minimum Gasteiger partial charge on any atom is -0.384 e. The molecule has 0 amide bonds. The van der Waals surface area contributed by atoms with Gasteiger partial charge in [0.1, 0.15) is 6.07 Å². The van der Waals surface area contributed by atoms with Crippen LogP contribution in [-0.2, 0) is 14.8 Å². The van der Waals surface area contributed by atoms with Gasteiger partial charge in [-0.25, -0.2) is 8.42 Å². The minimum atomic E-state index is -3.55. The predicted molar refractivity (Wildman–Crippen MR) is 79.5 cm³/mol. The van der Waals surface area contributed by atoms with Gasteiger partial charge in [-0.05, 0) is 37.0 Å². The zero-order valence-corrected chi connectivity index (χ0v) is 13.3. The van der Waals surface area contributed by atoms with Crippen LogP contribution in [0.3, 0.4) is 0 Å². The first-order valence-electron chi connectivity index (χ1n) is 6.67. The lowest BCUT2D eigenvalue weighted by Crippen LogP contribution is -2.39. The Morgan fingerprint density at radius 1 is 1.43 bits per heavy atom. The molecular weight excluding hydrogens is 312 g/mol. The molecule has 0 aliphatic carbocycles. The molecule has 1 aliphatic rings. The van der Waals surface area contributed by atoms with E-state index in [1.54, 1.807) is 7.11 Å². The molecule has 1 heterocycles. The molecule has 0 bridgehead atoms. The normalized spacial score (nSPS) is 17.6. The molecular formula is C14H17ClN2O3S. The molecule has 5 nitrogen and oxygen atoms in total. The van der Waals surface area contributed by atoms with Crippen molar-refractivity contribution in [1.29, 1.82) is 5.26 Å². The van der Waals surface area contributed by atoms with Crippen LogP contribution in [0.2, 0.25) is 5.02 Å². The van der Waals surface area contributed by atoms with Crippen molar-refractivity contribution in [3.05, 3.63) is 28.8 Å². The number of nitriles is 1. The molecule has 1 aliphatic heterocycles. The van der Waals surface area contributed by atoms with Crippen LogP contribution in [0, 0.1) is 17.2 Å². The van der Waals surface area contributed by atoms with Gasteiger partial charge < -0.3 is 4.74 Å². The summed E-state index contributed by atoms with van der Waals surface area (Å²) < 4.78 is 31.7. The Morgan fingerprint density at radius 3 is 2.62 bits per heavy atom. The predicted octanol–water partition coefficient (Wildman–Crippen LogP) is 2.26. The monoisotopic (exact) mass is 328 g/mol. The third-order valence-corrected chi connectivity index (χ3v) is 5.88. The second kappa shape index (κ2) is 6.75. The van der Waals surface area contributed by atoms with Crippen LogP contribution in [0.5, 0.6) is 0 Å². The van der Waals surface area contributed by atoms with E-state index in [1.165, 1.54) is 22.5 Å². The molecule has 0 radical (unpaired) electrons. The molecule has 7 heteroatoms. The van der Waals surface area contributed by atoms with Crippen molar-refractivity contribution in [2.45, 2.75) is 17.7 Å². The molecule has 0 spiro atoms. The summed E-state index contributed by atoms with van der Waals surface area (Å²) in [5, 5.41) is 8.99. The molecule has 0 atom stereocenters. The van der Waals surface area contributed by atoms with E-state index in [0.29, 0.717) is 25.6 Å². The summed E-state index contributed by atoms with van der Waals surface area (Å²) in [5.74, 6) is 0.408. The SMILES string of the molecule is COCC1CCN(S(=O)(=O)c2ccc(C#N)c(Cl)c2)CC1. The van der Waals surface area contributed by atoms with Crippen LogP contribution in [0.25, 0.3) is 0 Å². The van der Waals surface area contributed by atoms with E-state index in [-0.39, 0.29) is 15.5 Å². The number of halogens is 1. The summed E-state index contributed by atoms with van der Waals surface area (Å²) in [4.78, 5) is 0.136. The molecule has 0 N–H and O–H groups in total. The van der Waals surface area contributed by atoms with Gasteiger partial charge in [0.25, 0.3) is 0 Å². The summed E-state index contributed by atoms with van der Waals surface area (Å²) in [6.45, 7) is 1.62. The van der Waals surface area contributed by atoms with Crippen LogP contribution in [0.4, 0.5) is 0 Å². The Morgan fingerprint density at radius 2 is 2.10 bits per heavy atom. The van der Waals surface area contributed by atoms with Crippen LogP contribution in [-0.4, -0.2) is 39.5 Å². The fourth-order valence-electron chi connectivity index (χ4n) is 2.45. The first-order valence-corrected chi connectivity index (χ1v) is 8.49. The molecule has 0 unspecified atom stereocenters. The number of hydrogen-bond acceptors (Lipinski definition) is 4. The number of rotatable bonds is 4. The Bertz CT molecular complexity index is 647. The molecule has 0 saturated carbocycles. The quantitative estimate of drug-likeness (QED) is 0.850. The van der Waals surface area contributed by atoms with Crippen molar-refractivity contribution in [3.8, 4) is 6.07 Å². The molecule has 21 heavy (non-hydrogen) atoms. The van der Waals surface area contributed by atoms with Crippen LogP contribution < -0.4 is 0 Å². The van der Waals surface area contributed by atoms with E-state index >= 15 is 0 Å². The summed E-state index contributed by atoms with van der Waals surface area (Å²) in [7, 11) is -1.89. The number of benzene rings is 1. The number of sulfonamides is 1. The Hall–Kier alpha value is -1.13. The fraction of sp³-hybridized carbons (Fsp3) is 0.500. The second-order valence-electron chi connectivity index (χ2n) is 5.06. The zero-order valence-electron chi connectivity index (χ0n) is 11.8. The van der Waals surface area contributed by atoms with Crippen LogP contribution >= 0.6 is 11.6 Å². The van der Waals surface area contributed by atoms with Crippen LogP contribution in [0.1, 0.15) is 18.4 Å². The largest absolute Gasteiger partial charge is 0.384 e. The summed E-state index contributed by atoms with van der Waals surface area (Å²) in [6.07, 6.45) is 1.58. The maximum absolute atomic E-state index is 12.6. The van der Waals surface area contributed by atoms with Crippen molar-refractivity contribution < 1.29 is 13.2 Å². The second-order valence-corrected chi connectivity index (χ2v) is 7.40. The van der Waals surface area contributed by atoms with Gasteiger partial charge in [-0.1, -0.05) is 11.6 Å². The average Bonchev–Trinajstić information content (AvgIpc) is 2.48. The molecule has 114 valence electrons. The van der Waals surface area contributed by atoms with Crippen molar-refractivity contribution >= 4 is 21.6 Å². The number of piperidine rings is 1. The fourth-order valence-corrected chi connectivity index (χ4v) is 4.23. The van der Waals surface area contributed by atoms with Gasteiger partial charge in [-0.3, -0.25) is 0 Å². The van der Waals surface area contributed by atoms with Crippen molar-refractivity contribution in [2.24, 2.45) is 5.92 Å². The van der Waals surface area contributed by atoms with Crippen LogP contribution in [0.15, 0.2) is 23.1 Å². The third kappa shape index (κ3) is 3.55. The minimum absolute atomic E-state index is 0.136. The molecule has 0 aromatic heterocycles. The lowest BCUT2D eigenvalue weighted by Gasteiger charge is -2.30. The molecule has 2 rings (SSSR count). The maximum atomic E-state index is 12.6. The van der Waals surface area contributed by atoms with Crippen molar-refractivity contribution in [3.63, 3.8) is 0 Å². The van der Waals surface area contributed by atoms with E-state index in [2.05, 4.69) is 0 Å². The summed E-state index contributed by atoms with van der Waals surface area (Å²) in [6, 6.07) is 6.13. The maximum Gasteiger partial charge on any atom is 0.243 e. The smallest absolute Gasteiger partial charge is 0.243 e. The molecule has 1 aromatic rings. The number of hydrogen-bond donors (Lipinski definition) is 0. The Kier molecular flexibility index (Phi) is 5.22. The van der Waals surface area contributed by atoms with Gasteiger partial charge in [0, 0.05) is 26.8 Å². The highest BCUT2D eigenvalue weighted by atomic mass is 35.5. The highest BCUT2D eigenvalue weighted by molar-refractivity contribution is 7.89. The molecule has 1 fully saturated rings. The number of nitrogens with zero attached hydrogens (tertiary/aromatic N) is 2. The highest BCUT2D eigenvalue weighted by Gasteiger charge is 2.29. The average molecular weight is 329 g/mol. The first-order chi connectivity index (χ1) is 9.98. The first kappa shape index (κ1) is 16.2. The van der Waals surface area contributed by atoms with E-state index in [4.69, 9.17) is 21.6 Å². The number of ether oxygens (including phenoxy) is 1. The lowest BCUT2D eigenvalue weighted by atomic mass is 9.99. The molecule has 1 saturated heterocycles.